The summed E-state index contributed by atoms with van der Waals surface area (Å²) in [6.07, 6.45) is 0. The number of hydrogen-bond acceptors (Lipinski definition) is 4. The van der Waals surface area contributed by atoms with Crippen LogP contribution in [0.2, 0.25) is 10.0 Å². The van der Waals surface area contributed by atoms with Gasteiger partial charge in [-0.05, 0) is 30.3 Å². The van der Waals surface area contributed by atoms with Crippen molar-refractivity contribution < 1.29 is 14.6 Å². The lowest BCUT2D eigenvalue weighted by Crippen LogP contribution is -2.36. The third-order valence-electron chi connectivity index (χ3n) is 4.77. The Morgan fingerprint density at radius 3 is 2.52 bits per heavy atom. The van der Waals surface area contributed by atoms with Gasteiger partial charge in [-0.1, -0.05) is 23.2 Å². The summed E-state index contributed by atoms with van der Waals surface area (Å²) in [6.45, 7) is 2.38. The summed E-state index contributed by atoms with van der Waals surface area (Å²) in [5, 5.41) is 10.7. The van der Waals surface area contributed by atoms with Gasteiger partial charge < -0.3 is 19.3 Å². The molecule has 0 unspecified atom stereocenters. The Bertz CT molecular complexity index is 1120. The average molecular weight is 407 g/mol. The second-order valence-electron chi connectivity index (χ2n) is 6.37. The number of pyridine rings is 1. The Morgan fingerprint density at radius 1 is 1.11 bits per heavy atom. The summed E-state index contributed by atoms with van der Waals surface area (Å²) in [5.74, 6) is -1.03. The molecule has 1 saturated heterocycles. The first-order valence-corrected chi connectivity index (χ1v) is 9.21. The van der Waals surface area contributed by atoms with Crippen molar-refractivity contribution in [3.05, 3.63) is 50.6 Å². The fourth-order valence-corrected chi connectivity index (χ4v) is 3.92. The van der Waals surface area contributed by atoms with E-state index in [1.54, 1.807) is 22.8 Å². The number of aliphatic carboxylic acids is 1. The maximum atomic E-state index is 13.0. The molecule has 0 bridgehead atoms. The number of nitrogens with zero attached hydrogens (tertiary/aromatic N) is 2. The first-order chi connectivity index (χ1) is 13.0. The van der Waals surface area contributed by atoms with Crippen LogP contribution in [0.5, 0.6) is 0 Å². The van der Waals surface area contributed by atoms with Gasteiger partial charge in [-0.25, -0.2) is 0 Å². The van der Waals surface area contributed by atoms with E-state index in [1.807, 2.05) is 12.1 Å². The summed E-state index contributed by atoms with van der Waals surface area (Å²) >= 11 is 12.5. The molecular weight excluding hydrogens is 391 g/mol. The average Bonchev–Trinajstić information content (AvgIpc) is 2.67. The predicted octanol–water partition coefficient (Wildman–Crippen LogP) is 3.38. The highest BCUT2D eigenvalue weighted by molar-refractivity contribution is 6.45. The molecule has 0 amide bonds. The van der Waals surface area contributed by atoms with Crippen LogP contribution in [0.25, 0.3) is 21.8 Å². The molecule has 1 aliphatic rings. The van der Waals surface area contributed by atoms with Crippen molar-refractivity contribution in [3.63, 3.8) is 0 Å². The number of halogens is 2. The molecule has 0 radical (unpaired) electrons. The second kappa shape index (κ2) is 7.03. The van der Waals surface area contributed by atoms with E-state index in [-0.39, 0.29) is 22.0 Å². The standard InChI is InChI=1S/C19H16Cl2N2O4/c20-14-4-3-13-18(17(14)21)23(10-16(24)25)15-9-11(1-2-12(15)19(13)26)22-5-7-27-8-6-22/h1-4,9H,5-8,10H2,(H,24,25). The normalized spacial score (nSPS) is 14.8. The highest BCUT2D eigenvalue weighted by atomic mass is 35.5. The van der Waals surface area contributed by atoms with Gasteiger partial charge in [0, 0.05) is 29.5 Å². The molecular formula is C19H16Cl2N2O4. The summed E-state index contributed by atoms with van der Waals surface area (Å²) in [6, 6.07) is 8.58. The minimum absolute atomic E-state index is 0.172. The number of morpholine rings is 1. The Labute approximate surface area is 164 Å². The van der Waals surface area contributed by atoms with Gasteiger partial charge in [0.05, 0.1) is 34.3 Å². The van der Waals surface area contributed by atoms with Crippen LogP contribution >= 0.6 is 23.2 Å². The van der Waals surface area contributed by atoms with Crippen molar-refractivity contribution in [2.75, 3.05) is 31.2 Å². The zero-order valence-electron chi connectivity index (χ0n) is 14.2. The molecule has 0 aliphatic carbocycles. The van der Waals surface area contributed by atoms with Crippen molar-refractivity contribution in [3.8, 4) is 0 Å². The minimum Gasteiger partial charge on any atom is -0.480 e. The van der Waals surface area contributed by atoms with Crippen molar-refractivity contribution in [2.45, 2.75) is 6.54 Å². The van der Waals surface area contributed by atoms with E-state index in [9.17, 15) is 14.7 Å². The van der Waals surface area contributed by atoms with Gasteiger partial charge >= 0.3 is 5.97 Å². The van der Waals surface area contributed by atoms with Gasteiger partial charge in [0.25, 0.3) is 0 Å². The van der Waals surface area contributed by atoms with E-state index in [0.29, 0.717) is 35.0 Å². The van der Waals surface area contributed by atoms with Crippen LogP contribution < -0.4 is 10.3 Å². The number of aromatic nitrogens is 1. The van der Waals surface area contributed by atoms with E-state index >= 15 is 0 Å². The van der Waals surface area contributed by atoms with Gasteiger partial charge in [0.1, 0.15) is 6.54 Å². The third kappa shape index (κ3) is 3.14. The quantitative estimate of drug-likeness (QED) is 0.674. The van der Waals surface area contributed by atoms with Crippen LogP contribution in [0.3, 0.4) is 0 Å². The maximum Gasteiger partial charge on any atom is 0.323 e. The van der Waals surface area contributed by atoms with E-state index in [4.69, 9.17) is 27.9 Å². The molecule has 1 aliphatic heterocycles. The van der Waals surface area contributed by atoms with Crippen LogP contribution in [-0.2, 0) is 16.1 Å². The Kier molecular flexibility index (Phi) is 4.72. The maximum absolute atomic E-state index is 13.0. The van der Waals surface area contributed by atoms with Gasteiger partial charge in [-0.2, -0.15) is 0 Å². The Balaban J connectivity index is 2.07. The molecule has 4 rings (SSSR count). The van der Waals surface area contributed by atoms with Crippen LogP contribution in [0.1, 0.15) is 0 Å². The summed E-state index contributed by atoms with van der Waals surface area (Å²) < 4.78 is 6.93. The molecule has 140 valence electrons. The molecule has 0 saturated carbocycles. The predicted molar refractivity (Wildman–Crippen MR) is 106 cm³/mol. The summed E-state index contributed by atoms with van der Waals surface area (Å²) in [7, 11) is 0. The first-order valence-electron chi connectivity index (χ1n) is 8.46. The number of anilines is 1. The second-order valence-corrected chi connectivity index (χ2v) is 7.15. The summed E-state index contributed by atoms with van der Waals surface area (Å²) in [4.78, 5) is 26.6. The van der Waals surface area contributed by atoms with Gasteiger partial charge in [-0.15, -0.1) is 0 Å². The molecule has 1 aromatic heterocycles. The fourth-order valence-electron chi connectivity index (χ4n) is 3.51. The number of carbonyl (C=O) groups is 1. The molecule has 8 heteroatoms. The van der Waals surface area contributed by atoms with Crippen molar-refractivity contribution in [2.24, 2.45) is 0 Å². The van der Waals surface area contributed by atoms with Crippen LogP contribution in [-0.4, -0.2) is 41.9 Å². The lowest BCUT2D eigenvalue weighted by molar-refractivity contribution is -0.137. The molecule has 6 nitrogen and oxygen atoms in total. The van der Waals surface area contributed by atoms with Crippen molar-refractivity contribution in [1.29, 1.82) is 0 Å². The zero-order valence-corrected chi connectivity index (χ0v) is 15.8. The number of ether oxygens (including phenoxy) is 1. The number of rotatable bonds is 3. The molecule has 0 spiro atoms. The van der Waals surface area contributed by atoms with E-state index < -0.39 is 5.97 Å². The number of fused-ring (bicyclic) bond motifs is 2. The molecule has 3 aromatic rings. The molecule has 0 atom stereocenters. The monoisotopic (exact) mass is 406 g/mol. The smallest absolute Gasteiger partial charge is 0.323 e. The lowest BCUT2D eigenvalue weighted by Gasteiger charge is -2.29. The topological polar surface area (TPSA) is 71.8 Å². The van der Waals surface area contributed by atoms with Gasteiger partial charge in [-0.3, -0.25) is 9.59 Å². The Morgan fingerprint density at radius 2 is 1.81 bits per heavy atom. The third-order valence-corrected chi connectivity index (χ3v) is 5.56. The highest BCUT2D eigenvalue weighted by Crippen LogP contribution is 2.32. The zero-order chi connectivity index (χ0) is 19.1. The Hall–Kier alpha value is -2.28. The molecule has 2 aromatic carbocycles. The number of carboxylic acid groups (broad SMARTS) is 1. The molecule has 1 fully saturated rings. The van der Waals surface area contributed by atoms with E-state index in [0.717, 1.165) is 18.8 Å². The largest absolute Gasteiger partial charge is 0.480 e. The first kappa shape index (κ1) is 18.1. The van der Waals surface area contributed by atoms with E-state index in [2.05, 4.69) is 4.90 Å². The SMILES string of the molecule is O=C(O)Cn1c2cc(N3CCOCC3)ccc2c(=O)c2ccc(Cl)c(Cl)c21. The van der Waals surface area contributed by atoms with Gasteiger partial charge in [0.2, 0.25) is 0 Å². The summed E-state index contributed by atoms with van der Waals surface area (Å²) in [5.41, 5.74) is 1.56. The number of carboxylic acids is 1. The molecule has 27 heavy (non-hydrogen) atoms. The number of benzene rings is 2. The van der Waals surface area contributed by atoms with Crippen LogP contribution in [0.15, 0.2) is 35.1 Å². The lowest BCUT2D eigenvalue weighted by atomic mass is 10.1. The molecule has 1 N–H and O–H groups in total. The minimum atomic E-state index is -1.03. The van der Waals surface area contributed by atoms with Crippen LogP contribution in [0, 0.1) is 0 Å². The number of hydrogen-bond donors (Lipinski definition) is 1. The molecule has 2 heterocycles. The van der Waals surface area contributed by atoms with Crippen molar-refractivity contribution in [1.82, 2.24) is 4.57 Å². The van der Waals surface area contributed by atoms with Crippen molar-refractivity contribution >= 4 is 56.7 Å². The van der Waals surface area contributed by atoms with Crippen LogP contribution in [0.4, 0.5) is 5.69 Å². The highest BCUT2D eigenvalue weighted by Gasteiger charge is 2.19. The van der Waals surface area contributed by atoms with Gasteiger partial charge in [0.15, 0.2) is 5.43 Å². The van der Waals surface area contributed by atoms with E-state index in [1.165, 1.54) is 0 Å². The fraction of sp³-hybridized carbons (Fsp3) is 0.263.